The fourth-order valence-electron chi connectivity index (χ4n) is 4.25. The van der Waals surface area contributed by atoms with Gasteiger partial charge in [-0.25, -0.2) is 9.67 Å². The number of aromatic nitrogens is 3. The predicted octanol–water partition coefficient (Wildman–Crippen LogP) is 2.81. The third-order valence-corrected chi connectivity index (χ3v) is 5.84. The van der Waals surface area contributed by atoms with Crippen LogP contribution in [0.1, 0.15) is 76.4 Å². The van der Waals surface area contributed by atoms with Crippen molar-refractivity contribution in [3.63, 3.8) is 0 Å². The van der Waals surface area contributed by atoms with E-state index in [0.29, 0.717) is 18.8 Å². The van der Waals surface area contributed by atoms with Gasteiger partial charge in [0.1, 0.15) is 12.4 Å². The van der Waals surface area contributed by atoms with Crippen LogP contribution in [0.5, 0.6) is 0 Å². The van der Waals surface area contributed by atoms with Gasteiger partial charge in [-0.3, -0.25) is 4.99 Å². The van der Waals surface area contributed by atoms with Crippen molar-refractivity contribution in [1.82, 2.24) is 25.4 Å². The Morgan fingerprint density at radius 3 is 2.77 bits per heavy atom. The lowest BCUT2D eigenvalue weighted by atomic mass is 10.1. The highest BCUT2D eigenvalue weighted by molar-refractivity contribution is 5.80. The van der Waals surface area contributed by atoms with Crippen molar-refractivity contribution in [2.24, 2.45) is 4.99 Å². The van der Waals surface area contributed by atoms with E-state index >= 15 is 0 Å². The number of methoxy groups -OCH3 is 1. The number of fused-ring (bicyclic) bond motifs is 1. The van der Waals surface area contributed by atoms with E-state index in [4.69, 9.17) is 14.5 Å². The lowest BCUT2D eigenvalue weighted by Gasteiger charge is -2.25. The molecule has 8 nitrogen and oxygen atoms in total. The van der Waals surface area contributed by atoms with Crippen LogP contribution >= 0.6 is 0 Å². The number of unbranched alkanes of at least 4 members (excludes halogenated alkanes) is 1. The minimum absolute atomic E-state index is 0.311. The van der Waals surface area contributed by atoms with Crippen LogP contribution in [0.25, 0.3) is 0 Å². The van der Waals surface area contributed by atoms with Gasteiger partial charge in [0.15, 0.2) is 11.8 Å². The van der Waals surface area contributed by atoms with Gasteiger partial charge in [-0.15, -0.1) is 0 Å². The summed E-state index contributed by atoms with van der Waals surface area (Å²) in [7, 11) is 1.67. The molecule has 1 fully saturated rings. The van der Waals surface area contributed by atoms with Gasteiger partial charge in [0.25, 0.3) is 0 Å². The predicted molar refractivity (Wildman–Crippen MR) is 119 cm³/mol. The van der Waals surface area contributed by atoms with E-state index in [1.807, 2.05) is 4.68 Å². The van der Waals surface area contributed by atoms with Crippen molar-refractivity contribution in [3.05, 3.63) is 11.6 Å². The third kappa shape index (κ3) is 7.54. The highest BCUT2D eigenvalue weighted by Gasteiger charge is 2.22. The maximum atomic E-state index is 6.09. The molecule has 2 heterocycles. The Morgan fingerprint density at radius 1 is 1.17 bits per heavy atom. The Balaban J connectivity index is 1.37. The number of nitrogens with one attached hydrogen (secondary N) is 2. The molecular weight excluding hydrogens is 380 g/mol. The largest absolute Gasteiger partial charge is 0.378 e. The minimum Gasteiger partial charge on any atom is -0.378 e. The Hall–Kier alpha value is -1.67. The molecule has 1 aromatic heterocycles. The van der Waals surface area contributed by atoms with E-state index in [9.17, 15) is 0 Å². The molecule has 1 aliphatic heterocycles. The van der Waals surface area contributed by atoms with Gasteiger partial charge < -0.3 is 20.1 Å². The fourth-order valence-corrected chi connectivity index (χ4v) is 4.25. The van der Waals surface area contributed by atoms with E-state index in [-0.39, 0.29) is 0 Å². The van der Waals surface area contributed by atoms with Crippen molar-refractivity contribution < 1.29 is 9.47 Å². The summed E-state index contributed by atoms with van der Waals surface area (Å²) in [5, 5.41) is 11.5. The van der Waals surface area contributed by atoms with Gasteiger partial charge in [-0.2, -0.15) is 5.10 Å². The van der Waals surface area contributed by atoms with Crippen LogP contribution in [0, 0.1) is 0 Å². The molecule has 1 saturated carbocycles. The summed E-state index contributed by atoms with van der Waals surface area (Å²) < 4.78 is 13.2. The van der Waals surface area contributed by atoms with Crippen molar-refractivity contribution in [2.75, 3.05) is 26.8 Å². The average molecular weight is 421 g/mol. The van der Waals surface area contributed by atoms with Crippen molar-refractivity contribution in [2.45, 2.75) is 96.4 Å². The molecule has 0 amide bonds. The Morgan fingerprint density at radius 2 is 2.00 bits per heavy atom. The van der Waals surface area contributed by atoms with Crippen LogP contribution in [0.4, 0.5) is 0 Å². The van der Waals surface area contributed by atoms with Gasteiger partial charge in [-0.05, 0) is 39.0 Å². The molecule has 8 heteroatoms. The van der Waals surface area contributed by atoms with Crippen LogP contribution in [0.15, 0.2) is 4.99 Å². The summed E-state index contributed by atoms with van der Waals surface area (Å²) in [5.41, 5.74) is 0. The molecule has 0 aromatic carbocycles. The molecule has 2 aliphatic rings. The van der Waals surface area contributed by atoms with E-state index in [2.05, 4.69) is 27.6 Å². The van der Waals surface area contributed by atoms with Crippen LogP contribution in [0.3, 0.4) is 0 Å². The van der Waals surface area contributed by atoms with Crippen LogP contribution in [0.2, 0.25) is 0 Å². The van der Waals surface area contributed by atoms with Gasteiger partial charge in [0.2, 0.25) is 0 Å². The molecule has 1 aromatic rings. The summed E-state index contributed by atoms with van der Waals surface area (Å²) >= 11 is 0. The molecule has 1 unspecified atom stereocenters. The lowest BCUT2D eigenvalue weighted by molar-refractivity contribution is 0.0413. The first-order valence-electron chi connectivity index (χ1n) is 11.9. The second-order valence-electron chi connectivity index (χ2n) is 8.39. The average Bonchev–Trinajstić information content (AvgIpc) is 2.95. The standard InChI is InChI=1S/C22H40N6O2/c1-3-23-22(24-14-8-9-15-30-19-10-6-4-5-7-11-19)25-18-12-13-21-26-20(17-29-2)27-28(21)16-18/h18-19H,3-17H2,1-2H3,(H2,23,24,25). The first kappa shape index (κ1) is 23.0. The summed E-state index contributed by atoms with van der Waals surface area (Å²) in [6, 6.07) is 0.311. The van der Waals surface area contributed by atoms with Gasteiger partial charge in [-0.1, -0.05) is 25.7 Å². The number of aryl methyl sites for hydroxylation is 1. The Bertz CT molecular complexity index is 640. The van der Waals surface area contributed by atoms with E-state index < -0.39 is 0 Å². The van der Waals surface area contributed by atoms with Gasteiger partial charge >= 0.3 is 0 Å². The monoisotopic (exact) mass is 420 g/mol. The highest BCUT2D eigenvalue weighted by Crippen LogP contribution is 2.20. The molecule has 0 bridgehead atoms. The number of guanidine groups is 1. The number of aliphatic imine (C=N–C) groups is 1. The van der Waals surface area contributed by atoms with Gasteiger partial charge in [0, 0.05) is 39.3 Å². The molecule has 0 saturated heterocycles. The third-order valence-electron chi connectivity index (χ3n) is 5.84. The zero-order valence-electron chi connectivity index (χ0n) is 18.9. The summed E-state index contributed by atoms with van der Waals surface area (Å²) in [5.74, 6) is 2.71. The van der Waals surface area contributed by atoms with E-state index in [1.165, 1.54) is 38.5 Å². The Labute approximate surface area is 181 Å². The lowest BCUT2D eigenvalue weighted by Crippen LogP contribution is -2.47. The number of hydrogen-bond donors (Lipinski definition) is 2. The summed E-state index contributed by atoms with van der Waals surface area (Å²) in [6.07, 6.45) is 12.5. The van der Waals surface area contributed by atoms with Crippen molar-refractivity contribution in [3.8, 4) is 0 Å². The maximum absolute atomic E-state index is 6.09. The zero-order valence-corrected chi connectivity index (χ0v) is 18.9. The molecule has 0 spiro atoms. The van der Waals surface area contributed by atoms with E-state index in [0.717, 1.165) is 69.5 Å². The van der Waals surface area contributed by atoms with E-state index in [1.54, 1.807) is 7.11 Å². The maximum Gasteiger partial charge on any atom is 0.191 e. The molecular formula is C22H40N6O2. The number of ether oxygens (including phenoxy) is 2. The van der Waals surface area contributed by atoms with Crippen LogP contribution in [-0.2, 0) is 29.0 Å². The Kier molecular flexibility index (Phi) is 9.89. The normalized spacial score (nSPS) is 20.6. The second-order valence-corrected chi connectivity index (χ2v) is 8.39. The van der Waals surface area contributed by atoms with Crippen LogP contribution < -0.4 is 10.6 Å². The second kappa shape index (κ2) is 12.9. The zero-order chi connectivity index (χ0) is 21.0. The van der Waals surface area contributed by atoms with Crippen LogP contribution in [-0.4, -0.2) is 59.7 Å². The number of hydrogen-bond acceptors (Lipinski definition) is 5. The molecule has 0 radical (unpaired) electrons. The SMILES string of the molecule is CCNC(=NCCCCOC1CCCCCC1)NC1CCc2nc(COC)nn2C1. The molecule has 1 atom stereocenters. The highest BCUT2D eigenvalue weighted by atomic mass is 16.5. The summed E-state index contributed by atoms with van der Waals surface area (Å²) in [4.78, 5) is 9.32. The van der Waals surface area contributed by atoms with Gasteiger partial charge in [0.05, 0.1) is 12.6 Å². The number of nitrogens with zero attached hydrogens (tertiary/aromatic N) is 4. The molecule has 1 aliphatic carbocycles. The first-order valence-corrected chi connectivity index (χ1v) is 11.9. The molecule has 2 N–H and O–H groups in total. The fraction of sp³-hybridized carbons (Fsp3) is 0.864. The first-order chi connectivity index (χ1) is 14.8. The smallest absolute Gasteiger partial charge is 0.191 e. The number of rotatable bonds is 10. The topological polar surface area (TPSA) is 85.6 Å². The van der Waals surface area contributed by atoms with Crippen molar-refractivity contribution in [1.29, 1.82) is 0 Å². The molecule has 30 heavy (non-hydrogen) atoms. The minimum atomic E-state index is 0.311. The quantitative estimate of drug-likeness (QED) is 0.262. The summed E-state index contributed by atoms with van der Waals surface area (Å²) in [6.45, 7) is 5.92. The van der Waals surface area contributed by atoms with Crippen molar-refractivity contribution >= 4 is 5.96 Å². The molecule has 3 rings (SSSR count). The molecule has 170 valence electrons.